The number of nitrogens with zero attached hydrogens (tertiary/aromatic N) is 2. The second-order valence-electron chi connectivity index (χ2n) is 21.7. The molecule has 0 radical (unpaired) electrons. The molecule has 2 saturated carbocycles. The Morgan fingerprint density at radius 3 is 2.11 bits per heavy atom. The largest absolute Gasteiger partial charge is 0.384 e. The number of hydrogen-bond donors (Lipinski definition) is 3. The summed E-state index contributed by atoms with van der Waals surface area (Å²) in [6, 6.07) is 13.1. The number of rotatable bonds is 32. The second-order valence-corrected chi connectivity index (χ2v) is 21.7. The van der Waals surface area contributed by atoms with Crippen LogP contribution < -0.4 is 20.9 Å². The van der Waals surface area contributed by atoms with Crippen LogP contribution in [0.4, 0.5) is 11.4 Å². The van der Waals surface area contributed by atoms with Gasteiger partial charge in [-0.25, -0.2) is 0 Å². The van der Waals surface area contributed by atoms with Crippen LogP contribution in [0.3, 0.4) is 0 Å². The van der Waals surface area contributed by atoms with Crippen molar-refractivity contribution in [3.05, 3.63) is 82.0 Å². The lowest BCUT2D eigenvalue weighted by Crippen LogP contribution is -2.64. The first kappa shape index (κ1) is 58.8. The van der Waals surface area contributed by atoms with Gasteiger partial charge in [0, 0.05) is 75.4 Å². The second kappa shape index (κ2) is 28.2. The number of likely N-dealkylation sites (N-methyl/N-ethyl adjacent to an activating group) is 1. The van der Waals surface area contributed by atoms with E-state index in [2.05, 4.69) is 64.0 Å². The molecule has 2 aromatic carbocycles. The van der Waals surface area contributed by atoms with E-state index in [9.17, 15) is 28.8 Å². The zero-order valence-corrected chi connectivity index (χ0v) is 46.5. The maximum Gasteiger partial charge on any atom is 0.264 e. The third-order valence-corrected chi connectivity index (χ3v) is 16.9. The lowest BCUT2D eigenvalue weighted by molar-refractivity contribution is -0.245. The van der Waals surface area contributed by atoms with Crippen molar-refractivity contribution in [3.8, 4) is 11.8 Å². The van der Waals surface area contributed by atoms with Crippen LogP contribution in [0.15, 0.2) is 65.3 Å². The molecule has 7 aliphatic rings. The number of carbonyl (C=O) groups is 6. The van der Waals surface area contributed by atoms with Crippen LogP contribution in [0.5, 0.6) is 0 Å². The lowest BCUT2D eigenvalue weighted by Gasteiger charge is -2.61. The Kier molecular flexibility index (Phi) is 20.8. The van der Waals surface area contributed by atoms with Crippen LogP contribution >= 0.6 is 0 Å². The molecule has 4 aliphatic carbocycles. The van der Waals surface area contributed by atoms with Gasteiger partial charge in [-0.3, -0.25) is 39.0 Å². The number of carbonyl (C=O) groups excluding carboxylic acids is 6. The number of hydrogen-bond acceptors (Lipinski definition) is 16. The Labute approximate surface area is 469 Å². The summed E-state index contributed by atoms with van der Waals surface area (Å²) >= 11 is 0. The molecule has 1 spiro atoms. The summed E-state index contributed by atoms with van der Waals surface area (Å²) in [6.07, 6.45) is 10.2. The molecule has 3 heterocycles. The lowest BCUT2D eigenvalue weighted by atomic mass is 9.49. The summed E-state index contributed by atoms with van der Waals surface area (Å²) < 4.78 is 45.8. The first-order chi connectivity index (χ1) is 39.0. The minimum Gasteiger partial charge on any atom is -0.384 e. The van der Waals surface area contributed by atoms with Gasteiger partial charge in [-0.1, -0.05) is 29.7 Å². The molecule has 19 nitrogen and oxygen atoms in total. The van der Waals surface area contributed by atoms with E-state index in [1.165, 1.54) is 23.1 Å². The molecule has 0 bridgehead atoms. The first-order valence-corrected chi connectivity index (χ1v) is 28.8. The normalized spacial score (nSPS) is 24.6. The summed E-state index contributed by atoms with van der Waals surface area (Å²) in [7, 11) is 2.09. The maximum absolute atomic E-state index is 13.2. The van der Waals surface area contributed by atoms with Gasteiger partial charge in [-0.2, -0.15) is 0 Å². The quantitative estimate of drug-likeness (QED) is 0.0480. The highest BCUT2D eigenvalue weighted by molar-refractivity contribution is 6.25. The van der Waals surface area contributed by atoms with Crippen LogP contribution in [0.2, 0.25) is 0 Å². The van der Waals surface area contributed by atoms with Gasteiger partial charge in [0.05, 0.1) is 90.4 Å². The van der Waals surface area contributed by atoms with E-state index in [0.29, 0.717) is 142 Å². The number of amides is 5. The summed E-state index contributed by atoms with van der Waals surface area (Å²) in [4.78, 5) is 78.0. The maximum atomic E-state index is 13.2. The molecule has 5 amide bonds. The molecular weight excluding hydrogens is 1030 g/mol. The Morgan fingerprint density at radius 2 is 1.44 bits per heavy atom. The average Bonchev–Trinajstić information content (AvgIpc) is 3.89. The molecule has 80 heavy (non-hydrogen) atoms. The van der Waals surface area contributed by atoms with Crippen molar-refractivity contribution in [1.82, 2.24) is 15.5 Å². The monoisotopic (exact) mass is 1110 g/mol. The topological polar surface area (TPSA) is 219 Å². The predicted octanol–water partition coefficient (Wildman–Crippen LogP) is 5.32. The van der Waals surface area contributed by atoms with Crippen molar-refractivity contribution in [2.75, 3.05) is 136 Å². The Hall–Kier alpha value is -5.82. The molecule has 2 saturated heterocycles. The highest BCUT2D eigenvalue weighted by Crippen LogP contribution is 2.71. The van der Waals surface area contributed by atoms with Crippen molar-refractivity contribution in [2.45, 2.75) is 95.1 Å². The number of allylic oxidation sites excluding steroid dienone is 4. The number of imide groups is 2. The third-order valence-electron chi connectivity index (χ3n) is 16.9. The average molecular weight is 1110 g/mol. The number of fused-ring (bicyclic) bond motifs is 4. The number of piperidine rings is 1. The van der Waals surface area contributed by atoms with Crippen LogP contribution in [0.25, 0.3) is 0 Å². The number of ketones is 1. The van der Waals surface area contributed by atoms with Crippen molar-refractivity contribution < 1.29 is 66.7 Å². The van der Waals surface area contributed by atoms with Crippen molar-refractivity contribution in [3.63, 3.8) is 0 Å². The minimum absolute atomic E-state index is 0.0489. The van der Waals surface area contributed by atoms with Crippen LogP contribution in [0, 0.1) is 29.1 Å². The molecular formula is C61H79N5O14. The highest BCUT2D eigenvalue weighted by Gasteiger charge is 2.71. The third kappa shape index (κ3) is 13.6. The molecule has 6 atom stereocenters. The number of benzene rings is 2. The number of nitrogens with one attached hydrogen (secondary N) is 3. The van der Waals surface area contributed by atoms with Gasteiger partial charge in [-0.15, -0.1) is 5.92 Å². The van der Waals surface area contributed by atoms with Gasteiger partial charge < -0.3 is 53.4 Å². The van der Waals surface area contributed by atoms with Gasteiger partial charge in [0.2, 0.25) is 17.7 Å². The summed E-state index contributed by atoms with van der Waals surface area (Å²) in [5.41, 5.74) is 7.60. The summed E-state index contributed by atoms with van der Waals surface area (Å²) in [5.74, 6) is 6.13. The van der Waals surface area contributed by atoms with Gasteiger partial charge in [0.1, 0.15) is 18.2 Å². The van der Waals surface area contributed by atoms with Gasteiger partial charge in [0.25, 0.3) is 11.8 Å². The van der Waals surface area contributed by atoms with Crippen LogP contribution in [-0.4, -0.2) is 178 Å². The first-order valence-electron chi connectivity index (χ1n) is 28.8. The predicted molar refractivity (Wildman–Crippen MR) is 296 cm³/mol. The zero-order chi connectivity index (χ0) is 55.9. The molecule has 432 valence electrons. The standard InChI is InChI=1S/C61H79N5O14/c1-3-20-61-21-19-50-47-15-11-43-38-45(67)14-16-46(43)55(47)49(39-60(50,61)41-80-61)42-9-12-44(13-10-42)65(2)24-27-75-30-33-77-34-35-78-36-37-79-40-54(69)63-23-6-26-74-29-32-76-31-28-73-25-5-22-62-51-8-4-7-48-56(51)59(72)66(58(48)71)52-17-18-53(68)64-57(52)70/h4,7-10,12-13,38,47,49-50,52,62H,5-6,11,14-19,21-37,39-41H2,1-2H3,(H,63,69)(H,64,68,70)/t47-,49+,50-,52?,60+,61-/m0/s1. The zero-order valence-electron chi connectivity index (χ0n) is 46.5. The molecule has 19 heteroatoms. The van der Waals surface area contributed by atoms with E-state index in [4.69, 9.17) is 37.9 Å². The minimum atomic E-state index is -1.01. The SMILES string of the molecule is CC#C[C@]12CC[C@H]3[C@@H]4CCC5=CC(=O)CCC5=C4[C@@H](c4ccc(N(C)CCOCCOCCOCCOCC(=O)NCCCOCCOCCOCCCNc5cccc6c5C(=O)N(C5CCC(=O)NC5=O)C6=O)cc4)C[C@@]31CO2. The molecule has 2 aromatic rings. The fraction of sp³-hybridized carbons (Fsp3) is 0.607. The van der Waals surface area contributed by atoms with E-state index in [-0.39, 0.29) is 53.3 Å². The molecule has 0 aromatic heterocycles. The fourth-order valence-electron chi connectivity index (χ4n) is 13.0. The molecule has 4 fully saturated rings. The van der Waals surface area contributed by atoms with E-state index in [1.807, 2.05) is 13.0 Å². The van der Waals surface area contributed by atoms with Crippen LogP contribution in [-0.2, 0) is 57.1 Å². The fourth-order valence-corrected chi connectivity index (χ4v) is 13.0. The molecule has 3 aliphatic heterocycles. The summed E-state index contributed by atoms with van der Waals surface area (Å²) in [5, 5.41) is 8.23. The number of ether oxygens (including phenoxy) is 8. The summed E-state index contributed by atoms with van der Waals surface area (Å²) in [6.45, 7) is 9.99. The van der Waals surface area contributed by atoms with E-state index >= 15 is 0 Å². The highest BCUT2D eigenvalue weighted by atomic mass is 16.6. The van der Waals surface area contributed by atoms with Crippen molar-refractivity contribution in [1.29, 1.82) is 0 Å². The Bertz CT molecular complexity index is 2680. The van der Waals surface area contributed by atoms with Gasteiger partial charge >= 0.3 is 0 Å². The molecule has 3 N–H and O–H groups in total. The van der Waals surface area contributed by atoms with E-state index < -0.39 is 29.7 Å². The molecule has 1 unspecified atom stereocenters. The van der Waals surface area contributed by atoms with Gasteiger partial charge in [-0.05, 0) is 124 Å². The Balaban J connectivity index is 0.535. The Morgan fingerprint density at radius 1 is 0.762 bits per heavy atom. The van der Waals surface area contributed by atoms with Crippen molar-refractivity contribution >= 4 is 46.7 Å². The number of anilines is 2. The van der Waals surface area contributed by atoms with Gasteiger partial charge in [0.15, 0.2) is 5.78 Å². The van der Waals surface area contributed by atoms with Crippen LogP contribution in [0.1, 0.15) is 110 Å². The van der Waals surface area contributed by atoms with E-state index in [0.717, 1.165) is 55.8 Å². The smallest absolute Gasteiger partial charge is 0.264 e. The van der Waals surface area contributed by atoms with Crippen molar-refractivity contribution in [2.24, 2.45) is 17.3 Å². The molecule has 9 rings (SSSR count). The van der Waals surface area contributed by atoms with E-state index in [1.54, 1.807) is 23.8 Å².